The van der Waals surface area contributed by atoms with E-state index in [0.717, 1.165) is 5.56 Å². The molecule has 0 aliphatic rings. The lowest BCUT2D eigenvalue weighted by Crippen LogP contribution is -2.07. The van der Waals surface area contributed by atoms with Gasteiger partial charge < -0.3 is 14.6 Å². The number of carboxylic acid groups (broad SMARTS) is 1. The van der Waals surface area contributed by atoms with Crippen LogP contribution < -0.4 is 9.47 Å². The van der Waals surface area contributed by atoms with Crippen molar-refractivity contribution >= 4 is 32.8 Å². The highest BCUT2D eigenvalue weighted by Crippen LogP contribution is 2.37. The molecule has 0 fully saturated rings. The summed E-state index contributed by atoms with van der Waals surface area (Å²) in [6, 6.07) is 12.9. The van der Waals surface area contributed by atoms with Crippen molar-refractivity contribution in [3.8, 4) is 22.8 Å². The fourth-order valence-corrected chi connectivity index (χ4v) is 3.39. The first kappa shape index (κ1) is 17.2. The molecule has 25 heavy (non-hydrogen) atoms. The molecule has 5 nitrogen and oxygen atoms in total. The normalized spacial score (nSPS) is 10.7. The minimum atomic E-state index is -1.01. The number of halogens is 1. The zero-order valence-corrected chi connectivity index (χ0v) is 15.3. The van der Waals surface area contributed by atoms with E-state index in [2.05, 4.69) is 15.9 Å². The maximum Gasteiger partial charge on any atom is 0.336 e. The summed E-state index contributed by atoms with van der Waals surface area (Å²) in [6.07, 6.45) is 0. The minimum Gasteiger partial charge on any atom is -0.493 e. The van der Waals surface area contributed by atoms with Crippen LogP contribution in [0.3, 0.4) is 0 Å². The average molecular weight is 402 g/mol. The Morgan fingerprint density at radius 2 is 1.76 bits per heavy atom. The topological polar surface area (TPSA) is 68.7 Å². The number of alkyl halides is 1. The van der Waals surface area contributed by atoms with Gasteiger partial charge in [0.1, 0.15) is 0 Å². The third kappa shape index (κ3) is 3.05. The standard InChI is InChI=1S/C19H16BrNO4/c1-24-15-8-12-14(9-16(15)25-2)21-18(11-6-4-3-5-7-11)13(10-20)17(12)19(22)23/h3-9H,10H2,1-2H3,(H,22,23). The molecule has 0 bridgehead atoms. The SMILES string of the molecule is COc1cc2nc(-c3ccccc3)c(CBr)c(C(=O)O)c2cc1OC. The number of fused-ring (bicyclic) bond motifs is 1. The van der Waals surface area contributed by atoms with Gasteiger partial charge in [0.15, 0.2) is 11.5 Å². The molecule has 0 radical (unpaired) electrons. The molecule has 1 aromatic heterocycles. The van der Waals surface area contributed by atoms with E-state index in [1.54, 1.807) is 12.1 Å². The summed E-state index contributed by atoms with van der Waals surface area (Å²) in [4.78, 5) is 16.7. The Balaban J connectivity index is 2.44. The monoisotopic (exact) mass is 401 g/mol. The molecule has 1 N–H and O–H groups in total. The molecule has 128 valence electrons. The van der Waals surface area contributed by atoms with Crippen molar-refractivity contribution < 1.29 is 19.4 Å². The van der Waals surface area contributed by atoms with Crippen LogP contribution in [0.4, 0.5) is 0 Å². The van der Waals surface area contributed by atoms with E-state index in [-0.39, 0.29) is 5.56 Å². The summed E-state index contributed by atoms with van der Waals surface area (Å²) < 4.78 is 10.6. The Labute approximate surface area is 153 Å². The number of carbonyl (C=O) groups is 1. The predicted octanol–water partition coefficient (Wildman–Crippen LogP) is 4.51. The molecule has 3 rings (SSSR count). The van der Waals surface area contributed by atoms with E-state index in [4.69, 9.17) is 14.5 Å². The Morgan fingerprint density at radius 1 is 1.12 bits per heavy atom. The lowest BCUT2D eigenvalue weighted by Gasteiger charge is -2.15. The molecule has 0 aliphatic carbocycles. The number of carboxylic acids is 1. The molecule has 0 saturated heterocycles. The van der Waals surface area contributed by atoms with Gasteiger partial charge in [0.25, 0.3) is 0 Å². The van der Waals surface area contributed by atoms with Crippen LogP contribution in [0, 0.1) is 0 Å². The van der Waals surface area contributed by atoms with Gasteiger partial charge in [-0.15, -0.1) is 0 Å². The lowest BCUT2D eigenvalue weighted by atomic mass is 9.97. The second-order valence-corrected chi connectivity index (χ2v) is 5.90. The van der Waals surface area contributed by atoms with Gasteiger partial charge >= 0.3 is 5.97 Å². The lowest BCUT2D eigenvalue weighted by molar-refractivity contribution is 0.0698. The van der Waals surface area contributed by atoms with E-state index in [1.807, 2.05) is 30.3 Å². The van der Waals surface area contributed by atoms with Gasteiger partial charge in [0.2, 0.25) is 0 Å². The van der Waals surface area contributed by atoms with E-state index < -0.39 is 5.97 Å². The van der Waals surface area contributed by atoms with Gasteiger partial charge in [-0.1, -0.05) is 46.3 Å². The highest BCUT2D eigenvalue weighted by atomic mass is 79.9. The van der Waals surface area contributed by atoms with Crippen molar-refractivity contribution in [2.24, 2.45) is 0 Å². The first-order valence-electron chi connectivity index (χ1n) is 7.54. The number of hydrogen-bond acceptors (Lipinski definition) is 4. The zero-order chi connectivity index (χ0) is 18.0. The summed E-state index contributed by atoms with van der Waals surface area (Å²) in [7, 11) is 3.05. The van der Waals surface area contributed by atoms with E-state index in [1.165, 1.54) is 14.2 Å². The summed E-state index contributed by atoms with van der Waals surface area (Å²) in [5, 5.41) is 10.7. The van der Waals surface area contributed by atoms with Gasteiger partial charge in [-0.3, -0.25) is 0 Å². The number of pyridine rings is 1. The van der Waals surface area contributed by atoms with Crippen LogP contribution in [-0.2, 0) is 5.33 Å². The highest BCUT2D eigenvalue weighted by Gasteiger charge is 2.22. The van der Waals surface area contributed by atoms with Crippen LogP contribution >= 0.6 is 15.9 Å². The third-order valence-corrected chi connectivity index (χ3v) is 4.55. The van der Waals surface area contributed by atoms with Crippen LogP contribution in [-0.4, -0.2) is 30.3 Å². The summed E-state index contributed by atoms with van der Waals surface area (Å²) in [6.45, 7) is 0. The molecule has 3 aromatic rings. The van der Waals surface area contributed by atoms with Crippen LogP contribution in [0.5, 0.6) is 11.5 Å². The largest absolute Gasteiger partial charge is 0.493 e. The fourth-order valence-electron chi connectivity index (χ4n) is 2.84. The highest BCUT2D eigenvalue weighted by molar-refractivity contribution is 9.08. The maximum absolute atomic E-state index is 12.0. The second kappa shape index (κ2) is 7.11. The van der Waals surface area contributed by atoms with Crippen LogP contribution in [0.2, 0.25) is 0 Å². The van der Waals surface area contributed by atoms with E-state index >= 15 is 0 Å². The first-order chi connectivity index (χ1) is 12.1. The average Bonchev–Trinajstić information content (AvgIpc) is 2.65. The van der Waals surface area contributed by atoms with E-state index in [9.17, 15) is 9.90 Å². The van der Waals surface area contributed by atoms with Crippen molar-refractivity contribution in [2.75, 3.05) is 14.2 Å². The molecule has 0 amide bonds. The maximum atomic E-state index is 12.0. The summed E-state index contributed by atoms with van der Waals surface area (Å²) in [5.41, 5.74) is 2.87. The molecule has 0 unspecified atom stereocenters. The zero-order valence-electron chi connectivity index (χ0n) is 13.7. The molecule has 0 spiro atoms. The number of nitrogens with zero attached hydrogens (tertiary/aromatic N) is 1. The van der Waals surface area contributed by atoms with Crippen LogP contribution in [0.25, 0.3) is 22.2 Å². The fraction of sp³-hybridized carbons (Fsp3) is 0.158. The number of rotatable bonds is 5. The number of aromatic nitrogens is 1. The Hall–Kier alpha value is -2.60. The van der Waals surface area contributed by atoms with E-state index in [0.29, 0.717) is 39.0 Å². The predicted molar refractivity (Wildman–Crippen MR) is 99.9 cm³/mol. The number of hydrogen-bond donors (Lipinski definition) is 1. The molecule has 0 saturated carbocycles. The van der Waals surface area contributed by atoms with Crippen LogP contribution in [0.15, 0.2) is 42.5 Å². The van der Waals surface area contributed by atoms with Crippen molar-refractivity contribution in [3.05, 3.63) is 53.6 Å². The van der Waals surface area contributed by atoms with Gasteiger partial charge in [-0.25, -0.2) is 9.78 Å². The van der Waals surface area contributed by atoms with Crippen molar-refractivity contribution in [1.29, 1.82) is 0 Å². The first-order valence-corrected chi connectivity index (χ1v) is 8.66. The number of benzene rings is 2. The van der Waals surface area contributed by atoms with Gasteiger partial charge in [0.05, 0.1) is 31.0 Å². The Bertz CT molecular complexity index is 941. The Morgan fingerprint density at radius 3 is 2.32 bits per heavy atom. The number of methoxy groups -OCH3 is 2. The quantitative estimate of drug-likeness (QED) is 0.636. The molecule has 2 aromatic carbocycles. The van der Waals surface area contributed by atoms with Crippen molar-refractivity contribution in [1.82, 2.24) is 4.98 Å². The third-order valence-electron chi connectivity index (χ3n) is 3.99. The van der Waals surface area contributed by atoms with Gasteiger partial charge in [-0.2, -0.15) is 0 Å². The Kier molecular flexibility index (Phi) is 4.90. The minimum absolute atomic E-state index is 0.210. The van der Waals surface area contributed by atoms with Gasteiger partial charge in [-0.05, 0) is 6.07 Å². The number of aromatic carboxylic acids is 1. The molecule has 0 atom stereocenters. The smallest absolute Gasteiger partial charge is 0.336 e. The second-order valence-electron chi connectivity index (χ2n) is 5.34. The van der Waals surface area contributed by atoms with Crippen molar-refractivity contribution in [2.45, 2.75) is 5.33 Å². The van der Waals surface area contributed by atoms with Gasteiger partial charge in [0, 0.05) is 27.9 Å². The molecule has 6 heteroatoms. The van der Waals surface area contributed by atoms with Crippen LogP contribution in [0.1, 0.15) is 15.9 Å². The summed E-state index contributed by atoms with van der Waals surface area (Å²) >= 11 is 3.42. The molecular weight excluding hydrogens is 386 g/mol. The molecule has 0 aliphatic heterocycles. The number of ether oxygens (including phenoxy) is 2. The van der Waals surface area contributed by atoms with Crippen molar-refractivity contribution in [3.63, 3.8) is 0 Å². The summed E-state index contributed by atoms with van der Waals surface area (Å²) in [5.74, 6) is -0.0389. The molecule has 1 heterocycles. The molecular formula is C19H16BrNO4.